The molecule has 1 aromatic rings. The number of fused-ring (bicyclic) bond motifs is 2. The maximum Gasteiger partial charge on any atom is 0.336 e. The van der Waals surface area contributed by atoms with Crippen LogP contribution in [0.15, 0.2) is 22.7 Å². The standard InChI is InChI=1S/C14H15BrN2O3/c15-11-3-1-8(5-9(11)14(19)20)17-13(18)10-6-7-2-4-12(10)16-7/h1,3,5,7,10,12,16H,2,4,6H2,(H,17,18)(H,19,20). The monoisotopic (exact) mass is 338 g/mol. The second-order valence-corrected chi connectivity index (χ2v) is 6.23. The smallest absolute Gasteiger partial charge is 0.336 e. The first kappa shape index (κ1) is 13.6. The first-order valence-corrected chi connectivity index (χ1v) is 7.43. The number of carbonyl (C=O) groups is 2. The average molecular weight is 339 g/mol. The predicted octanol–water partition coefficient (Wildman–Crippen LogP) is 2.23. The Labute approximate surface area is 124 Å². The van der Waals surface area contributed by atoms with E-state index in [0.29, 0.717) is 16.2 Å². The maximum absolute atomic E-state index is 12.3. The van der Waals surface area contributed by atoms with E-state index >= 15 is 0 Å². The van der Waals surface area contributed by atoms with E-state index < -0.39 is 5.97 Å². The van der Waals surface area contributed by atoms with Crippen LogP contribution in [0.5, 0.6) is 0 Å². The molecule has 0 spiro atoms. The highest BCUT2D eigenvalue weighted by molar-refractivity contribution is 9.10. The SMILES string of the molecule is O=C(O)c1cc(NC(=O)C2CC3CCC2N3)ccc1Br. The quantitative estimate of drug-likeness (QED) is 0.789. The van der Waals surface area contributed by atoms with E-state index in [0.717, 1.165) is 19.3 Å². The fourth-order valence-corrected chi connectivity index (χ4v) is 3.53. The van der Waals surface area contributed by atoms with Gasteiger partial charge in [-0.05, 0) is 53.4 Å². The molecule has 3 atom stereocenters. The van der Waals surface area contributed by atoms with Crippen LogP contribution in [-0.2, 0) is 4.79 Å². The number of aromatic carboxylic acids is 1. The molecule has 0 saturated carbocycles. The van der Waals surface area contributed by atoms with Gasteiger partial charge in [0.05, 0.1) is 11.5 Å². The van der Waals surface area contributed by atoms with Crippen LogP contribution >= 0.6 is 15.9 Å². The fraction of sp³-hybridized carbons (Fsp3) is 0.429. The van der Waals surface area contributed by atoms with E-state index in [-0.39, 0.29) is 23.4 Å². The number of hydrogen-bond acceptors (Lipinski definition) is 3. The zero-order chi connectivity index (χ0) is 14.3. The van der Waals surface area contributed by atoms with Crippen molar-refractivity contribution in [2.45, 2.75) is 31.3 Å². The minimum atomic E-state index is -1.02. The first-order valence-electron chi connectivity index (χ1n) is 6.64. The minimum absolute atomic E-state index is 0.00863. The second kappa shape index (κ2) is 5.18. The summed E-state index contributed by atoms with van der Waals surface area (Å²) in [5.41, 5.74) is 0.673. The number of hydrogen-bond donors (Lipinski definition) is 3. The van der Waals surface area contributed by atoms with Crippen LogP contribution in [0.3, 0.4) is 0 Å². The Bertz CT molecular complexity index is 576. The summed E-state index contributed by atoms with van der Waals surface area (Å²) < 4.78 is 0.504. The van der Waals surface area contributed by atoms with Crippen LogP contribution in [0.25, 0.3) is 0 Å². The molecule has 2 fully saturated rings. The Morgan fingerprint density at radius 1 is 1.35 bits per heavy atom. The van der Waals surface area contributed by atoms with Gasteiger partial charge in [-0.25, -0.2) is 4.79 Å². The number of carboxylic acid groups (broad SMARTS) is 1. The van der Waals surface area contributed by atoms with Crippen LogP contribution in [0.1, 0.15) is 29.6 Å². The summed E-state index contributed by atoms with van der Waals surface area (Å²) in [7, 11) is 0. The Balaban J connectivity index is 1.73. The molecule has 2 saturated heterocycles. The van der Waals surface area contributed by atoms with Crippen molar-refractivity contribution in [2.75, 3.05) is 5.32 Å². The summed E-state index contributed by atoms with van der Waals surface area (Å²) in [4.78, 5) is 23.3. The lowest BCUT2D eigenvalue weighted by Gasteiger charge is -2.19. The first-order chi connectivity index (χ1) is 9.54. The van der Waals surface area contributed by atoms with Crippen molar-refractivity contribution in [2.24, 2.45) is 5.92 Å². The molecule has 5 nitrogen and oxygen atoms in total. The number of rotatable bonds is 3. The van der Waals surface area contributed by atoms with Gasteiger partial charge in [-0.1, -0.05) is 0 Å². The van der Waals surface area contributed by atoms with Gasteiger partial charge >= 0.3 is 5.97 Å². The van der Waals surface area contributed by atoms with Crippen LogP contribution in [-0.4, -0.2) is 29.1 Å². The Hall–Kier alpha value is -1.40. The molecule has 20 heavy (non-hydrogen) atoms. The van der Waals surface area contributed by atoms with Crippen LogP contribution in [0.4, 0.5) is 5.69 Å². The Morgan fingerprint density at radius 2 is 2.15 bits per heavy atom. The predicted molar refractivity (Wildman–Crippen MR) is 77.8 cm³/mol. The second-order valence-electron chi connectivity index (χ2n) is 5.38. The summed E-state index contributed by atoms with van der Waals surface area (Å²) >= 11 is 3.19. The third-order valence-electron chi connectivity index (χ3n) is 4.10. The fourth-order valence-electron chi connectivity index (χ4n) is 3.12. The molecule has 1 aromatic carbocycles. The molecular formula is C14H15BrN2O3. The summed E-state index contributed by atoms with van der Waals surface area (Å²) in [5.74, 6) is -1.05. The van der Waals surface area contributed by atoms with E-state index in [1.807, 2.05) is 0 Å². The number of amides is 1. The topological polar surface area (TPSA) is 78.4 Å². The molecule has 2 heterocycles. The summed E-state index contributed by atoms with van der Waals surface area (Å²) in [6, 6.07) is 5.56. The highest BCUT2D eigenvalue weighted by Gasteiger charge is 2.42. The highest BCUT2D eigenvalue weighted by Crippen LogP contribution is 2.34. The van der Waals surface area contributed by atoms with Gasteiger partial charge in [-0.2, -0.15) is 0 Å². The normalized spacial score (nSPS) is 27.6. The number of benzene rings is 1. The number of carbonyl (C=O) groups excluding carboxylic acids is 1. The maximum atomic E-state index is 12.3. The van der Waals surface area contributed by atoms with Gasteiger partial charge in [-0.15, -0.1) is 0 Å². The molecule has 0 radical (unpaired) electrons. The zero-order valence-electron chi connectivity index (χ0n) is 10.7. The number of nitrogens with one attached hydrogen (secondary N) is 2. The van der Waals surface area contributed by atoms with E-state index in [2.05, 4.69) is 26.6 Å². The van der Waals surface area contributed by atoms with E-state index in [4.69, 9.17) is 5.11 Å². The number of anilines is 1. The van der Waals surface area contributed by atoms with Crippen molar-refractivity contribution in [3.63, 3.8) is 0 Å². The van der Waals surface area contributed by atoms with E-state index in [1.54, 1.807) is 12.1 Å². The molecular weight excluding hydrogens is 324 g/mol. The van der Waals surface area contributed by atoms with Gasteiger partial charge < -0.3 is 15.7 Å². The molecule has 1 amide bonds. The van der Waals surface area contributed by atoms with Gasteiger partial charge in [0.1, 0.15) is 0 Å². The largest absolute Gasteiger partial charge is 0.478 e. The Morgan fingerprint density at radius 3 is 2.75 bits per heavy atom. The van der Waals surface area contributed by atoms with Crippen molar-refractivity contribution < 1.29 is 14.7 Å². The summed E-state index contributed by atoms with van der Waals surface area (Å²) in [6.45, 7) is 0. The molecule has 2 aliphatic rings. The van der Waals surface area contributed by atoms with Gasteiger partial charge in [0.25, 0.3) is 0 Å². The van der Waals surface area contributed by atoms with Crippen molar-refractivity contribution in [1.29, 1.82) is 0 Å². The lowest BCUT2D eigenvalue weighted by atomic mass is 9.88. The van der Waals surface area contributed by atoms with Gasteiger partial charge in [0.15, 0.2) is 0 Å². The molecule has 106 valence electrons. The molecule has 2 aliphatic heterocycles. The Kier molecular flexibility index (Phi) is 3.52. The molecule has 0 aromatic heterocycles. The van der Waals surface area contributed by atoms with Crippen LogP contribution < -0.4 is 10.6 Å². The molecule has 6 heteroatoms. The lowest BCUT2D eigenvalue weighted by Crippen LogP contribution is -2.32. The van der Waals surface area contributed by atoms with Crippen molar-refractivity contribution in [1.82, 2.24) is 5.32 Å². The van der Waals surface area contributed by atoms with Crippen molar-refractivity contribution in [3.05, 3.63) is 28.2 Å². The summed E-state index contributed by atoms with van der Waals surface area (Å²) in [6.07, 6.45) is 3.07. The van der Waals surface area contributed by atoms with Gasteiger partial charge in [0.2, 0.25) is 5.91 Å². The lowest BCUT2D eigenvalue weighted by molar-refractivity contribution is -0.120. The van der Waals surface area contributed by atoms with Crippen molar-refractivity contribution in [3.8, 4) is 0 Å². The van der Waals surface area contributed by atoms with Gasteiger partial charge in [-0.3, -0.25) is 4.79 Å². The zero-order valence-corrected chi connectivity index (χ0v) is 12.3. The van der Waals surface area contributed by atoms with Crippen LogP contribution in [0.2, 0.25) is 0 Å². The van der Waals surface area contributed by atoms with Crippen LogP contribution in [0, 0.1) is 5.92 Å². The molecule has 3 N–H and O–H groups in total. The molecule has 0 aliphatic carbocycles. The molecule has 3 unspecified atom stereocenters. The highest BCUT2D eigenvalue weighted by atomic mass is 79.9. The van der Waals surface area contributed by atoms with Crippen molar-refractivity contribution >= 4 is 33.5 Å². The molecule has 2 bridgehead atoms. The van der Waals surface area contributed by atoms with E-state index in [1.165, 1.54) is 6.07 Å². The third-order valence-corrected chi connectivity index (χ3v) is 4.79. The van der Waals surface area contributed by atoms with E-state index in [9.17, 15) is 9.59 Å². The average Bonchev–Trinajstić information content (AvgIpc) is 3.03. The summed E-state index contributed by atoms with van der Waals surface area (Å²) in [5, 5.41) is 15.3. The number of halogens is 1. The third kappa shape index (κ3) is 2.45. The number of carboxylic acids is 1. The minimum Gasteiger partial charge on any atom is -0.478 e. The van der Waals surface area contributed by atoms with Gasteiger partial charge in [0, 0.05) is 22.2 Å². The molecule has 3 rings (SSSR count).